The summed E-state index contributed by atoms with van der Waals surface area (Å²) >= 11 is 0. The van der Waals surface area contributed by atoms with Gasteiger partial charge in [-0.25, -0.2) is 4.98 Å². The van der Waals surface area contributed by atoms with Gasteiger partial charge in [0.25, 0.3) is 0 Å². The smallest absolute Gasteiger partial charge is 0.137 e. The van der Waals surface area contributed by atoms with E-state index >= 15 is 0 Å². The predicted molar refractivity (Wildman–Crippen MR) is 100 cm³/mol. The van der Waals surface area contributed by atoms with Gasteiger partial charge in [-0.15, -0.1) is 0 Å². The van der Waals surface area contributed by atoms with Crippen LogP contribution in [0.3, 0.4) is 0 Å². The molecule has 0 amide bonds. The molecule has 1 aliphatic rings. The van der Waals surface area contributed by atoms with Crippen molar-refractivity contribution in [1.29, 1.82) is 0 Å². The Labute approximate surface area is 147 Å². The Kier molecular flexibility index (Phi) is 4.78. The van der Waals surface area contributed by atoms with Crippen LogP contribution in [0.1, 0.15) is 5.56 Å². The van der Waals surface area contributed by atoms with E-state index in [2.05, 4.69) is 56.2 Å². The van der Waals surface area contributed by atoms with Gasteiger partial charge in [0.05, 0.1) is 6.61 Å². The summed E-state index contributed by atoms with van der Waals surface area (Å²) in [5.74, 6) is 0. The molecule has 25 heavy (non-hydrogen) atoms. The number of rotatable bonds is 5. The van der Waals surface area contributed by atoms with Gasteiger partial charge < -0.3 is 10.1 Å². The number of aromatic nitrogens is 2. The Morgan fingerprint density at radius 2 is 1.72 bits per heavy atom. The first kappa shape index (κ1) is 16.3. The molecular weight excluding hydrogens is 312 g/mol. The minimum Gasteiger partial charge on any atom is -0.395 e. The molecule has 0 radical (unpaired) electrons. The van der Waals surface area contributed by atoms with E-state index < -0.39 is 0 Å². The predicted octanol–water partition coefficient (Wildman–Crippen LogP) is 2.34. The SMILES string of the molecule is OCCN1CCN(Cc2ccc(-c3ccnc4[nH]ccc34)cc2)CC1. The van der Waals surface area contributed by atoms with Crippen LogP contribution in [0, 0.1) is 0 Å². The summed E-state index contributed by atoms with van der Waals surface area (Å²) in [6.07, 6.45) is 3.79. The fourth-order valence-electron chi connectivity index (χ4n) is 3.57. The molecule has 1 saturated heterocycles. The second kappa shape index (κ2) is 7.35. The van der Waals surface area contributed by atoms with Gasteiger partial charge in [0.2, 0.25) is 0 Å². The third-order valence-electron chi connectivity index (χ3n) is 5.01. The molecule has 4 rings (SSSR count). The lowest BCUT2D eigenvalue weighted by Crippen LogP contribution is -2.46. The molecule has 3 heterocycles. The molecule has 130 valence electrons. The number of piperazine rings is 1. The lowest BCUT2D eigenvalue weighted by molar-refractivity contribution is 0.108. The second-order valence-corrected chi connectivity index (χ2v) is 6.64. The molecule has 0 aliphatic carbocycles. The molecule has 3 aromatic rings. The maximum Gasteiger partial charge on any atom is 0.137 e. The molecule has 0 spiro atoms. The highest BCUT2D eigenvalue weighted by Gasteiger charge is 2.16. The minimum atomic E-state index is 0.255. The fourth-order valence-corrected chi connectivity index (χ4v) is 3.57. The van der Waals surface area contributed by atoms with Crippen LogP contribution in [-0.2, 0) is 6.54 Å². The summed E-state index contributed by atoms with van der Waals surface area (Å²) in [5, 5.41) is 10.2. The number of H-pyrrole nitrogens is 1. The van der Waals surface area contributed by atoms with E-state index in [9.17, 15) is 0 Å². The average molecular weight is 336 g/mol. The van der Waals surface area contributed by atoms with Crippen molar-refractivity contribution in [2.24, 2.45) is 0 Å². The van der Waals surface area contributed by atoms with E-state index in [1.54, 1.807) is 0 Å². The second-order valence-electron chi connectivity index (χ2n) is 6.64. The Morgan fingerprint density at radius 3 is 2.48 bits per heavy atom. The van der Waals surface area contributed by atoms with Gasteiger partial charge in [0.1, 0.15) is 5.65 Å². The van der Waals surface area contributed by atoms with Crippen LogP contribution < -0.4 is 0 Å². The van der Waals surface area contributed by atoms with Crippen molar-refractivity contribution >= 4 is 11.0 Å². The van der Waals surface area contributed by atoms with Crippen LogP contribution in [0.15, 0.2) is 48.8 Å². The third kappa shape index (κ3) is 3.58. The number of fused-ring (bicyclic) bond motifs is 1. The van der Waals surface area contributed by atoms with Gasteiger partial charge in [0.15, 0.2) is 0 Å². The molecule has 2 N–H and O–H groups in total. The number of hydrogen-bond donors (Lipinski definition) is 2. The fraction of sp³-hybridized carbons (Fsp3) is 0.350. The molecule has 2 aromatic heterocycles. The normalized spacial score (nSPS) is 16.5. The number of nitrogens with one attached hydrogen (secondary N) is 1. The number of nitrogens with zero attached hydrogens (tertiary/aromatic N) is 3. The summed E-state index contributed by atoms with van der Waals surface area (Å²) in [6.45, 7) is 6.25. The highest BCUT2D eigenvalue weighted by atomic mass is 16.3. The van der Waals surface area contributed by atoms with E-state index in [-0.39, 0.29) is 6.61 Å². The van der Waals surface area contributed by atoms with Crippen molar-refractivity contribution in [3.05, 3.63) is 54.4 Å². The summed E-state index contributed by atoms with van der Waals surface area (Å²) in [7, 11) is 0. The number of aliphatic hydroxyl groups excluding tert-OH is 1. The number of aromatic amines is 1. The molecule has 0 atom stereocenters. The number of β-amino-alcohol motifs (C(OH)–C–C–N with tert-alkyl or cyclic N) is 1. The number of benzene rings is 1. The van der Waals surface area contributed by atoms with Crippen molar-refractivity contribution in [2.45, 2.75) is 6.54 Å². The maximum absolute atomic E-state index is 9.03. The number of pyridine rings is 1. The van der Waals surface area contributed by atoms with Crippen LogP contribution in [0.25, 0.3) is 22.2 Å². The van der Waals surface area contributed by atoms with E-state index in [0.29, 0.717) is 0 Å². The standard InChI is InChI=1S/C20H24N4O/c25-14-13-23-9-11-24(12-10-23)15-16-1-3-17(4-2-16)18-5-7-21-20-19(18)6-8-22-20/h1-8,25H,9-15H2,(H,21,22). The molecule has 1 aliphatic heterocycles. The van der Waals surface area contributed by atoms with E-state index in [1.807, 2.05) is 12.4 Å². The van der Waals surface area contributed by atoms with Crippen LogP contribution >= 0.6 is 0 Å². The van der Waals surface area contributed by atoms with Crippen molar-refractivity contribution < 1.29 is 5.11 Å². The zero-order chi connectivity index (χ0) is 17.1. The zero-order valence-electron chi connectivity index (χ0n) is 14.4. The van der Waals surface area contributed by atoms with Crippen LogP contribution in [-0.4, -0.2) is 64.2 Å². The third-order valence-corrected chi connectivity index (χ3v) is 5.01. The monoisotopic (exact) mass is 336 g/mol. The van der Waals surface area contributed by atoms with Gasteiger partial charge in [-0.2, -0.15) is 0 Å². The molecular formula is C20H24N4O. The van der Waals surface area contributed by atoms with Gasteiger partial charge in [0, 0.05) is 57.0 Å². The number of aliphatic hydroxyl groups is 1. The zero-order valence-corrected chi connectivity index (χ0v) is 14.4. The molecule has 1 aromatic carbocycles. The molecule has 0 unspecified atom stereocenters. The summed E-state index contributed by atoms with van der Waals surface area (Å²) in [4.78, 5) is 12.3. The highest BCUT2D eigenvalue weighted by molar-refractivity contribution is 5.92. The van der Waals surface area contributed by atoms with Crippen LogP contribution in [0.4, 0.5) is 0 Å². The van der Waals surface area contributed by atoms with E-state index in [4.69, 9.17) is 5.11 Å². The van der Waals surface area contributed by atoms with Crippen molar-refractivity contribution in [1.82, 2.24) is 19.8 Å². The lowest BCUT2D eigenvalue weighted by Gasteiger charge is -2.34. The van der Waals surface area contributed by atoms with Crippen molar-refractivity contribution in [3.63, 3.8) is 0 Å². The molecule has 5 heteroatoms. The molecule has 0 saturated carbocycles. The van der Waals surface area contributed by atoms with Crippen molar-refractivity contribution in [3.8, 4) is 11.1 Å². The molecule has 5 nitrogen and oxygen atoms in total. The topological polar surface area (TPSA) is 55.4 Å². The van der Waals surface area contributed by atoms with E-state index in [1.165, 1.54) is 16.7 Å². The summed E-state index contributed by atoms with van der Waals surface area (Å²) in [5.41, 5.74) is 4.72. The first-order valence-corrected chi connectivity index (χ1v) is 8.90. The maximum atomic E-state index is 9.03. The van der Waals surface area contributed by atoms with E-state index in [0.717, 1.165) is 50.3 Å². The van der Waals surface area contributed by atoms with Gasteiger partial charge in [-0.3, -0.25) is 9.80 Å². The van der Waals surface area contributed by atoms with Gasteiger partial charge in [-0.05, 0) is 28.8 Å². The minimum absolute atomic E-state index is 0.255. The highest BCUT2D eigenvalue weighted by Crippen LogP contribution is 2.27. The van der Waals surface area contributed by atoms with Crippen molar-refractivity contribution in [2.75, 3.05) is 39.3 Å². The average Bonchev–Trinajstić information content (AvgIpc) is 3.13. The van der Waals surface area contributed by atoms with Crippen LogP contribution in [0.5, 0.6) is 0 Å². The molecule has 0 bridgehead atoms. The van der Waals surface area contributed by atoms with Crippen LogP contribution in [0.2, 0.25) is 0 Å². The first-order chi connectivity index (χ1) is 12.3. The summed E-state index contributed by atoms with van der Waals surface area (Å²) < 4.78 is 0. The Bertz CT molecular complexity index is 819. The van der Waals surface area contributed by atoms with Gasteiger partial charge in [-0.1, -0.05) is 24.3 Å². The Morgan fingerprint density at radius 1 is 0.960 bits per heavy atom. The summed E-state index contributed by atoms with van der Waals surface area (Å²) in [6, 6.07) is 13.0. The Hall–Kier alpha value is -2.21. The first-order valence-electron chi connectivity index (χ1n) is 8.90. The molecule has 1 fully saturated rings. The lowest BCUT2D eigenvalue weighted by atomic mass is 10.0. The largest absolute Gasteiger partial charge is 0.395 e. The van der Waals surface area contributed by atoms with Gasteiger partial charge >= 0.3 is 0 Å². The Balaban J connectivity index is 1.43. The quantitative estimate of drug-likeness (QED) is 0.751. The number of hydrogen-bond acceptors (Lipinski definition) is 4.